The first kappa shape index (κ1) is 15.6. The Morgan fingerprint density at radius 2 is 1.69 bits per heavy atom. The molecule has 0 bridgehead atoms. The van der Waals surface area contributed by atoms with Crippen molar-refractivity contribution in [2.45, 2.75) is 0 Å². The van der Waals surface area contributed by atoms with Gasteiger partial charge in [-0.3, -0.25) is 0 Å². The lowest BCUT2D eigenvalue weighted by Gasteiger charge is -2.12. The number of carboxylic acid groups (broad SMARTS) is 1. The van der Waals surface area contributed by atoms with Crippen LogP contribution in [0, 0.1) is 0 Å². The maximum Gasteiger partial charge on any atom is 0.356 e. The van der Waals surface area contributed by atoms with Gasteiger partial charge in [0.2, 0.25) is 0 Å². The summed E-state index contributed by atoms with van der Waals surface area (Å²) in [5.74, 6) is -0.551. The minimum absolute atomic E-state index is 0.0163. The first-order valence-electron chi connectivity index (χ1n) is 7.85. The number of aromatic carboxylic acids is 1. The smallest absolute Gasteiger partial charge is 0.356 e. The second-order valence-electron chi connectivity index (χ2n) is 5.50. The van der Waals surface area contributed by atoms with Crippen molar-refractivity contribution in [3.05, 3.63) is 78.9 Å². The lowest BCUT2D eigenvalue weighted by atomic mass is 9.98. The molecule has 7 heteroatoms. The average Bonchev–Trinajstić information content (AvgIpc) is 3.19. The molecule has 4 aromatic rings. The molecule has 7 nitrogen and oxygen atoms in total. The maximum absolute atomic E-state index is 11.4. The second-order valence-corrected chi connectivity index (χ2v) is 5.50. The van der Waals surface area contributed by atoms with Gasteiger partial charge in [-0.2, -0.15) is 0 Å². The number of benzene rings is 2. The van der Waals surface area contributed by atoms with Gasteiger partial charge in [0.25, 0.3) is 0 Å². The van der Waals surface area contributed by atoms with E-state index in [1.54, 1.807) is 24.5 Å². The van der Waals surface area contributed by atoms with Gasteiger partial charge in [-0.05, 0) is 29.3 Å². The molecule has 0 saturated carbocycles. The van der Waals surface area contributed by atoms with Crippen LogP contribution in [0.5, 0.6) is 0 Å². The Morgan fingerprint density at radius 1 is 0.923 bits per heavy atom. The number of rotatable bonds is 4. The minimum atomic E-state index is -1.10. The van der Waals surface area contributed by atoms with Crippen molar-refractivity contribution >= 4 is 5.97 Å². The Morgan fingerprint density at radius 3 is 2.42 bits per heavy atom. The van der Waals surface area contributed by atoms with Gasteiger partial charge in [-0.25, -0.2) is 19.4 Å². The third kappa shape index (κ3) is 2.82. The molecule has 0 saturated heterocycles. The highest BCUT2D eigenvalue weighted by Gasteiger charge is 2.16. The fourth-order valence-electron chi connectivity index (χ4n) is 2.73. The van der Waals surface area contributed by atoms with Crippen molar-refractivity contribution in [1.82, 2.24) is 25.0 Å². The Bertz CT molecular complexity index is 1060. The zero-order valence-corrected chi connectivity index (χ0v) is 13.5. The van der Waals surface area contributed by atoms with Gasteiger partial charge >= 0.3 is 5.97 Å². The van der Waals surface area contributed by atoms with E-state index in [-0.39, 0.29) is 5.69 Å². The molecule has 0 radical (unpaired) electrons. The fourth-order valence-corrected chi connectivity index (χ4v) is 2.73. The Balaban J connectivity index is 1.93. The SMILES string of the molecule is O=C(O)c1cnnn1-c1ccc(-c2ccccc2)c(-c2ncccn2)c1. The number of carboxylic acids is 1. The molecule has 0 atom stereocenters. The third-order valence-electron chi connectivity index (χ3n) is 3.91. The summed E-state index contributed by atoms with van der Waals surface area (Å²) in [5.41, 5.74) is 3.29. The number of nitrogens with zero attached hydrogens (tertiary/aromatic N) is 5. The van der Waals surface area contributed by atoms with Crippen molar-refractivity contribution in [3.8, 4) is 28.2 Å². The molecule has 4 rings (SSSR count). The maximum atomic E-state index is 11.4. The van der Waals surface area contributed by atoms with Crippen LogP contribution >= 0.6 is 0 Å². The molecule has 0 amide bonds. The molecule has 126 valence electrons. The van der Waals surface area contributed by atoms with Crippen molar-refractivity contribution in [2.24, 2.45) is 0 Å². The highest BCUT2D eigenvalue weighted by molar-refractivity contribution is 5.86. The normalized spacial score (nSPS) is 10.6. The van der Waals surface area contributed by atoms with Gasteiger partial charge in [0.05, 0.1) is 11.9 Å². The van der Waals surface area contributed by atoms with Gasteiger partial charge < -0.3 is 5.11 Å². The summed E-state index contributed by atoms with van der Waals surface area (Å²) in [6.07, 6.45) is 4.55. The fraction of sp³-hybridized carbons (Fsp3) is 0. The van der Waals surface area contributed by atoms with Gasteiger partial charge in [0.1, 0.15) is 0 Å². The van der Waals surface area contributed by atoms with Crippen molar-refractivity contribution in [3.63, 3.8) is 0 Å². The summed E-state index contributed by atoms with van der Waals surface area (Å²) < 4.78 is 1.28. The monoisotopic (exact) mass is 343 g/mol. The van der Waals surface area contributed by atoms with E-state index in [0.717, 1.165) is 16.7 Å². The first-order chi connectivity index (χ1) is 12.7. The minimum Gasteiger partial charge on any atom is -0.476 e. The van der Waals surface area contributed by atoms with Crippen LogP contribution in [0.4, 0.5) is 0 Å². The molecule has 0 fully saturated rings. The van der Waals surface area contributed by atoms with Gasteiger partial charge in [-0.15, -0.1) is 5.10 Å². The quantitative estimate of drug-likeness (QED) is 0.612. The molecule has 0 aliphatic rings. The lowest BCUT2D eigenvalue weighted by molar-refractivity contribution is 0.0687. The first-order valence-corrected chi connectivity index (χ1v) is 7.85. The van der Waals surface area contributed by atoms with E-state index in [0.29, 0.717) is 11.5 Å². The molecular formula is C19H13N5O2. The third-order valence-corrected chi connectivity index (χ3v) is 3.91. The molecule has 0 aliphatic heterocycles. The predicted octanol–water partition coefficient (Wildman–Crippen LogP) is 3.09. The van der Waals surface area contributed by atoms with E-state index in [2.05, 4.69) is 20.3 Å². The van der Waals surface area contributed by atoms with E-state index >= 15 is 0 Å². The molecule has 0 aliphatic carbocycles. The Kier molecular flexibility index (Phi) is 3.95. The molecular weight excluding hydrogens is 330 g/mol. The lowest BCUT2D eigenvalue weighted by Crippen LogP contribution is -2.08. The van der Waals surface area contributed by atoms with E-state index in [1.807, 2.05) is 42.5 Å². The van der Waals surface area contributed by atoms with Crippen LogP contribution < -0.4 is 0 Å². The summed E-state index contributed by atoms with van der Waals surface area (Å²) >= 11 is 0. The molecule has 2 aromatic carbocycles. The second kappa shape index (κ2) is 6.56. The number of carbonyl (C=O) groups is 1. The molecule has 2 heterocycles. The summed E-state index contributed by atoms with van der Waals surface area (Å²) in [5, 5.41) is 16.9. The van der Waals surface area contributed by atoms with Gasteiger partial charge in [-0.1, -0.05) is 41.6 Å². The highest BCUT2D eigenvalue weighted by Crippen LogP contribution is 2.32. The van der Waals surface area contributed by atoms with Crippen LogP contribution in [0.3, 0.4) is 0 Å². The summed E-state index contributed by atoms with van der Waals surface area (Å²) in [6.45, 7) is 0. The van der Waals surface area contributed by atoms with Crippen molar-refractivity contribution in [1.29, 1.82) is 0 Å². The van der Waals surface area contributed by atoms with Crippen LogP contribution in [-0.2, 0) is 0 Å². The Hall–Kier alpha value is -3.87. The van der Waals surface area contributed by atoms with Gasteiger partial charge in [0.15, 0.2) is 11.5 Å². The molecule has 0 unspecified atom stereocenters. The number of aromatic nitrogens is 5. The topological polar surface area (TPSA) is 93.8 Å². The molecule has 1 N–H and O–H groups in total. The summed E-state index contributed by atoms with van der Waals surface area (Å²) in [6, 6.07) is 17.1. The number of hydrogen-bond acceptors (Lipinski definition) is 5. The zero-order chi connectivity index (χ0) is 17.9. The van der Waals surface area contributed by atoms with E-state index in [1.165, 1.54) is 10.9 Å². The summed E-state index contributed by atoms with van der Waals surface area (Å²) in [7, 11) is 0. The predicted molar refractivity (Wildman–Crippen MR) is 94.8 cm³/mol. The largest absolute Gasteiger partial charge is 0.476 e. The van der Waals surface area contributed by atoms with Crippen LogP contribution in [0.25, 0.3) is 28.2 Å². The highest BCUT2D eigenvalue weighted by atomic mass is 16.4. The average molecular weight is 343 g/mol. The molecule has 26 heavy (non-hydrogen) atoms. The van der Waals surface area contributed by atoms with E-state index < -0.39 is 5.97 Å². The Labute approximate surface area is 148 Å². The van der Waals surface area contributed by atoms with Crippen molar-refractivity contribution < 1.29 is 9.90 Å². The van der Waals surface area contributed by atoms with Crippen LogP contribution in [0.15, 0.2) is 73.2 Å². The molecule has 0 spiro atoms. The van der Waals surface area contributed by atoms with Gasteiger partial charge in [0, 0.05) is 18.0 Å². The standard InChI is InChI=1S/C19H13N5O2/c25-19(26)17-12-22-23-24(17)14-7-8-15(13-5-2-1-3-6-13)16(11-14)18-20-9-4-10-21-18/h1-12H,(H,25,26). The van der Waals surface area contributed by atoms with Crippen LogP contribution in [0.2, 0.25) is 0 Å². The van der Waals surface area contributed by atoms with E-state index in [9.17, 15) is 9.90 Å². The van der Waals surface area contributed by atoms with Crippen LogP contribution in [-0.4, -0.2) is 36.0 Å². The summed E-state index contributed by atoms with van der Waals surface area (Å²) in [4.78, 5) is 20.1. The zero-order valence-electron chi connectivity index (χ0n) is 13.5. The van der Waals surface area contributed by atoms with E-state index in [4.69, 9.17) is 0 Å². The van der Waals surface area contributed by atoms with Crippen molar-refractivity contribution in [2.75, 3.05) is 0 Å². The number of hydrogen-bond donors (Lipinski definition) is 1. The van der Waals surface area contributed by atoms with Crippen LogP contribution in [0.1, 0.15) is 10.5 Å². The molecule has 2 aromatic heterocycles.